The Morgan fingerprint density at radius 1 is 1.37 bits per heavy atom. The van der Waals surface area contributed by atoms with Gasteiger partial charge in [0.25, 0.3) is 0 Å². The van der Waals surface area contributed by atoms with Gasteiger partial charge in [0.1, 0.15) is 6.33 Å². The Bertz CT molecular complexity index is 604. The number of hydrogen-bond acceptors (Lipinski definition) is 3. The second-order valence-corrected chi connectivity index (χ2v) is 5.66. The zero-order chi connectivity index (χ0) is 12.8. The summed E-state index contributed by atoms with van der Waals surface area (Å²) in [6.45, 7) is 1.03. The van der Waals surface area contributed by atoms with Crippen LogP contribution in [0.3, 0.4) is 0 Å². The summed E-state index contributed by atoms with van der Waals surface area (Å²) < 4.78 is 2.22. The molecule has 2 aliphatic heterocycles. The van der Waals surface area contributed by atoms with Crippen LogP contribution in [0.4, 0.5) is 0 Å². The molecule has 0 N–H and O–H groups in total. The Hall–Kier alpha value is -1.68. The molecule has 19 heavy (non-hydrogen) atoms. The summed E-state index contributed by atoms with van der Waals surface area (Å²) in [4.78, 5) is 11.3. The fourth-order valence-corrected chi connectivity index (χ4v) is 3.61. The van der Waals surface area contributed by atoms with Crippen molar-refractivity contribution in [1.82, 2.24) is 19.4 Å². The first-order valence-electron chi connectivity index (χ1n) is 6.97. The van der Waals surface area contributed by atoms with Gasteiger partial charge < -0.3 is 4.57 Å². The van der Waals surface area contributed by atoms with Crippen molar-refractivity contribution in [1.29, 1.82) is 0 Å². The van der Waals surface area contributed by atoms with Gasteiger partial charge in [0, 0.05) is 55.7 Å². The lowest BCUT2D eigenvalue weighted by molar-refractivity contribution is 0.162. The van der Waals surface area contributed by atoms with Crippen LogP contribution in [-0.2, 0) is 20.0 Å². The van der Waals surface area contributed by atoms with E-state index in [1.165, 1.54) is 29.8 Å². The van der Waals surface area contributed by atoms with Crippen molar-refractivity contribution >= 4 is 0 Å². The molecular weight excluding hydrogens is 236 g/mol. The average molecular weight is 254 g/mol. The molecule has 4 rings (SSSR count). The number of aryl methyl sites for hydroxylation is 1. The van der Waals surface area contributed by atoms with Crippen molar-refractivity contribution in [3.8, 4) is 0 Å². The Morgan fingerprint density at radius 3 is 3.16 bits per heavy atom. The second-order valence-electron chi connectivity index (χ2n) is 5.66. The third kappa shape index (κ3) is 1.70. The summed E-state index contributed by atoms with van der Waals surface area (Å²) >= 11 is 0. The zero-order valence-electron chi connectivity index (χ0n) is 11.2. The number of rotatable bonds is 2. The van der Waals surface area contributed by atoms with Gasteiger partial charge >= 0.3 is 0 Å². The molecule has 4 nitrogen and oxygen atoms in total. The van der Waals surface area contributed by atoms with Gasteiger partial charge in [0.15, 0.2) is 0 Å². The van der Waals surface area contributed by atoms with Gasteiger partial charge in [0.05, 0.1) is 5.69 Å². The van der Waals surface area contributed by atoms with Crippen molar-refractivity contribution in [3.05, 3.63) is 47.8 Å². The maximum atomic E-state index is 4.47. The molecule has 0 amide bonds. The molecule has 98 valence electrons. The van der Waals surface area contributed by atoms with Gasteiger partial charge in [-0.05, 0) is 25.0 Å². The van der Waals surface area contributed by atoms with Gasteiger partial charge in [-0.25, -0.2) is 9.97 Å². The lowest BCUT2D eigenvalue weighted by atomic mass is 9.99. The molecular formula is C15H18N4. The summed E-state index contributed by atoms with van der Waals surface area (Å²) in [6.07, 6.45) is 9.44. The summed E-state index contributed by atoms with van der Waals surface area (Å²) in [7, 11) is 2.12. The summed E-state index contributed by atoms with van der Waals surface area (Å²) in [5.74, 6) is 0. The van der Waals surface area contributed by atoms with Crippen LogP contribution in [0, 0.1) is 0 Å². The summed E-state index contributed by atoms with van der Waals surface area (Å²) in [5.41, 5.74) is 4.01. The Labute approximate surface area is 113 Å². The quantitative estimate of drug-likeness (QED) is 0.823. The van der Waals surface area contributed by atoms with Gasteiger partial charge in [0.2, 0.25) is 0 Å². The van der Waals surface area contributed by atoms with E-state index < -0.39 is 0 Å². The molecule has 0 spiro atoms. The number of hydrogen-bond donors (Lipinski definition) is 0. The highest BCUT2D eigenvalue weighted by Crippen LogP contribution is 2.43. The van der Waals surface area contributed by atoms with Crippen LogP contribution in [0.15, 0.2) is 30.9 Å². The summed E-state index contributed by atoms with van der Waals surface area (Å²) in [6, 6.07) is 5.52. The van der Waals surface area contributed by atoms with Crippen LogP contribution >= 0.6 is 0 Å². The van der Waals surface area contributed by atoms with E-state index in [9.17, 15) is 0 Å². The van der Waals surface area contributed by atoms with Gasteiger partial charge in [-0.3, -0.25) is 4.90 Å². The largest absolute Gasteiger partial charge is 0.353 e. The van der Waals surface area contributed by atoms with E-state index in [0.717, 1.165) is 13.0 Å². The Balaban J connectivity index is 1.67. The van der Waals surface area contributed by atoms with E-state index in [0.29, 0.717) is 12.1 Å². The van der Waals surface area contributed by atoms with Crippen LogP contribution in [0.2, 0.25) is 0 Å². The van der Waals surface area contributed by atoms with Crippen molar-refractivity contribution in [2.45, 2.75) is 37.9 Å². The number of nitrogens with zero attached hydrogens (tertiary/aromatic N) is 4. The standard InChI is InChI=1S/C15H18N4/c1-18-6-2-3-12(18)9-19-11-4-5-15(19)13-8-16-10-17-14(13)7-11/h2-3,6,8,10-11,15H,4-5,7,9H2,1H3. The highest BCUT2D eigenvalue weighted by atomic mass is 15.2. The van der Waals surface area contributed by atoms with E-state index in [4.69, 9.17) is 0 Å². The minimum Gasteiger partial charge on any atom is -0.353 e. The highest BCUT2D eigenvalue weighted by Gasteiger charge is 2.40. The zero-order valence-corrected chi connectivity index (χ0v) is 11.2. The molecule has 0 aromatic carbocycles. The fourth-order valence-electron chi connectivity index (χ4n) is 3.61. The van der Waals surface area contributed by atoms with Crippen molar-refractivity contribution in [3.63, 3.8) is 0 Å². The molecule has 2 atom stereocenters. The van der Waals surface area contributed by atoms with Crippen LogP contribution in [-0.4, -0.2) is 25.5 Å². The molecule has 0 aliphatic carbocycles. The minimum absolute atomic E-state index is 0.518. The predicted octanol–water partition coefficient (Wildman–Crippen LogP) is 2.08. The SMILES string of the molecule is Cn1cccc1CN1C2CCC1c1cncnc1C2. The molecule has 2 unspecified atom stereocenters. The molecule has 4 heterocycles. The molecule has 4 heteroatoms. The monoisotopic (exact) mass is 254 g/mol. The molecule has 2 aliphatic rings. The third-order valence-corrected chi connectivity index (χ3v) is 4.65. The molecule has 0 saturated carbocycles. The first-order valence-corrected chi connectivity index (χ1v) is 6.97. The molecule has 1 saturated heterocycles. The minimum atomic E-state index is 0.518. The molecule has 0 radical (unpaired) electrons. The highest BCUT2D eigenvalue weighted by molar-refractivity contribution is 5.28. The van der Waals surface area contributed by atoms with Gasteiger partial charge in [-0.1, -0.05) is 0 Å². The average Bonchev–Trinajstić information content (AvgIpc) is 2.94. The van der Waals surface area contributed by atoms with Gasteiger partial charge in [-0.15, -0.1) is 0 Å². The fraction of sp³-hybridized carbons (Fsp3) is 0.467. The van der Waals surface area contributed by atoms with Crippen LogP contribution < -0.4 is 0 Å². The number of fused-ring (bicyclic) bond motifs is 4. The van der Waals surface area contributed by atoms with Crippen LogP contribution in [0.25, 0.3) is 0 Å². The maximum Gasteiger partial charge on any atom is 0.115 e. The van der Waals surface area contributed by atoms with Crippen LogP contribution in [0.1, 0.15) is 35.8 Å². The first kappa shape index (κ1) is 11.2. The number of aromatic nitrogens is 3. The van der Waals surface area contributed by atoms with Crippen LogP contribution in [0.5, 0.6) is 0 Å². The first-order chi connectivity index (χ1) is 9.33. The molecule has 1 fully saturated rings. The summed E-state index contributed by atoms with van der Waals surface area (Å²) in [5, 5.41) is 0. The van der Waals surface area contributed by atoms with E-state index in [1.807, 2.05) is 6.20 Å². The predicted molar refractivity (Wildman–Crippen MR) is 72.5 cm³/mol. The lowest BCUT2D eigenvalue weighted by Gasteiger charge is -2.35. The molecule has 2 aromatic heterocycles. The van der Waals surface area contributed by atoms with Gasteiger partial charge in [-0.2, -0.15) is 0 Å². The van der Waals surface area contributed by atoms with E-state index in [2.05, 4.69) is 44.8 Å². The Morgan fingerprint density at radius 2 is 2.32 bits per heavy atom. The smallest absolute Gasteiger partial charge is 0.115 e. The van der Waals surface area contributed by atoms with E-state index in [-0.39, 0.29) is 0 Å². The third-order valence-electron chi connectivity index (χ3n) is 4.65. The van der Waals surface area contributed by atoms with E-state index >= 15 is 0 Å². The molecule has 2 aromatic rings. The lowest BCUT2D eigenvalue weighted by Crippen LogP contribution is -2.37. The van der Waals surface area contributed by atoms with E-state index in [1.54, 1.807) is 6.33 Å². The van der Waals surface area contributed by atoms with Crippen molar-refractivity contribution in [2.75, 3.05) is 0 Å². The normalized spacial score (nSPS) is 25.5. The Kier molecular flexibility index (Phi) is 2.45. The molecule has 2 bridgehead atoms. The van der Waals surface area contributed by atoms with Crippen molar-refractivity contribution in [2.24, 2.45) is 7.05 Å². The second kappa shape index (κ2) is 4.17. The van der Waals surface area contributed by atoms with Crippen molar-refractivity contribution < 1.29 is 0 Å². The topological polar surface area (TPSA) is 34.0 Å². The maximum absolute atomic E-state index is 4.47.